The first-order chi connectivity index (χ1) is 11.0. The number of rotatable bonds is 6. The lowest BCUT2D eigenvalue weighted by molar-refractivity contribution is -0.118. The largest absolute Gasteiger partial charge is 0.484 e. The summed E-state index contributed by atoms with van der Waals surface area (Å²) in [6, 6.07) is 13.7. The molecular weight excluding hydrogens is 354 g/mol. The van der Waals surface area contributed by atoms with E-state index in [1.165, 1.54) is 5.56 Å². The topological polar surface area (TPSA) is 38.3 Å². The van der Waals surface area contributed by atoms with Crippen molar-refractivity contribution in [2.24, 2.45) is 0 Å². The zero-order valence-electron chi connectivity index (χ0n) is 13.7. The van der Waals surface area contributed by atoms with Crippen LogP contribution in [0.4, 0.5) is 5.69 Å². The number of hydrogen-bond donors (Lipinski definition) is 1. The molecule has 0 heterocycles. The summed E-state index contributed by atoms with van der Waals surface area (Å²) in [4.78, 5) is 12.0. The Morgan fingerprint density at radius 1 is 1.22 bits per heavy atom. The van der Waals surface area contributed by atoms with Gasteiger partial charge in [-0.25, -0.2) is 0 Å². The molecule has 0 aliphatic rings. The highest BCUT2D eigenvalue weighted by Gasteiger charge is 2.07. The van der Waals surface area contributed by atoms with Crippen molar-refractivity contribution in [1.82, 2.24) is 0 Å². The molecule has 0 spiro atoms. The third kappa shape index (κ3) is 5.10. The predicted molar refractivity (Wildman–Crippen MR) is 98.2 cm³/mol. The second-order valence-corrected chi connectivity index (χ2v) is 6.59. The van der Waals surface area contributed by atoms with E-state index in [2.05, 4.69) is 47.2 Å². The van der Waals surface area contributed by atoms with Gasteiger partial charge < -0.3 is 10.1 Å². The van der Waals surface area contributed by atoms with Crippen LogP contribution in [0.25, 0.3) is 0 Å². The molecule has 0 aliphatic heterocycles. The van der Waals surface area contributed by atoms with Crippen molar-refractivity contribution in [2.75, 3.05) is 11.9 Å². The van der Waals surface area contributed by atoms with E-state index in [1.54, 1.807) is 0 Å². The highest BCUT2D eigenvalue weighted by atomic mass is 79.9. The minimum atomic E-state index is -0.165. The van der Waals surface area contributed by atoms with Crippen LogP contribution in [0.15, 0.2) is 46.9 Å². The van der Waals surface area contributed by atoms with Crippen LogP contribution in [-0.4, -0.2) is 12.5 Å². The van der Waals surface area contributed by atoms with Crippen LogP contribution in [0.3, 0.4) is 0 Å². The summed E-state index contributed by atoms with van der Waals surface area (Å²) in [6.45, 7) is 6.32. The number of halogens is 1. The number of aryl methyl sites for hydroxylation is 1. The van der Waals surface area contributed by atoms with Gasteiger partial charge in [-0.3, -0.25) is 4.79 Å². The number of hydrogen-bond acceptors (Lipinski definition) is 2. The van der Waals surface area contributed by atoms with Crippen LogP contribution in [0.2, 0.25) is 0 Å². The Labute approximate surface area is 146 Å². The molecule has 4 heteroatoms. The van der Waals surface area contributed by atoms with Gasteiger partial charge in [-0.15, -0.1) is 0 Å². The molecule has 1 unspecified atom stereocenters. The lowest BCUT2D eigenvalue weighted by Crippen LogP contribution is -2.20. The Morgan fingerprint density at radius 2 is 1.91 bits per heavy atom. The molecule has 2 aromatic carbocycles. The van der Waals surface area contributed by atoms with Gasteiger partial charge in [-0.2, -0.15) is 0 Å². The van der Waals surface area contributed by atoms with Crippen LogP contribution >= 0.6 is 15.9 Å². The van der Waals surface area contributed by atoms with Crippen molar-refractivity contribution >= 4 is 27.5 Å². The molecule has 1 N–H and O–H groups in total. The van der Waals surface area contributed by atoms with Crippen LogP contribution < -0.4 is 10.1 Å². The van der Waals surface area contributed by atoms with Gasteiger partial charge in [0, 0.05) is 10.2 Å². The zero-order valence-corrected chi connectivity index (χ0v) is 15.3. The van der Waals surface area contributed by atoms with E-state index >= 15 is 0 Å². The van der Waals surface area contributed by atoms with E-state index in [9.17, 15) is 4.79 Å². The van der Waals surface area contributed by atoms with E-state index in [4.69, 9.17) is 4.74 Å². The first-order valence-corrected chi connectivity index (χ1v) is 8.57. The molecule has 3 nitrogen and oxygen atoms in total. The number of benzene rings is 2. The van der Waals surface area contributed by atoms with Gasteiger partial charge >= 0.3 is 0 Å². The van der Waals surface area contributed by atoms with Crippen molar-refractivity contribution in [2.45, 2.75) is 33.1 Å². The number of anilines is 1. The maximum atomic E-state index is 12.0. The van der Waals surface area contributed by atoms with Crippen molar-refractivity contribution < 1.29 is 9.53 Å². The first-order valence-electron chi connectivity index (χ1n) is 7.78. The molecular formula is C19H22BrNO2. The Hall–Kier alpha value is -1.81. The van der Waals surface area contributed by atoms with Crippen molar-refractivity contribution in [3.63, 3.8) is 0 Å². The van der Waals surface area contributed by atoms with E-state index in [0.29, 0.717) is 11.7 Å². The van der Waals surface area contributed by atoms with Gasteiger partial charge in [0.25, 0.3) is 5.91 Å². The SMILES string of the molecule is CCC(C)c1ccc(OCC(=O)Nc2ccc(Br)cc2C)cc1. The number of carbonyl (C=O) groups is 1. The zero-order chi connectivity index (χ0) is 16.8. The van der Waals surface area contributed by atoms with Crippen LogP contribution in [0.1, 0.15) is 37.3 Å². The first kappa shape index (κ1) is 17.5. The maximum absolute atomic E-state index is 12.0. The molecule has 0 aromatic heterocycles. The summed E-state index contributed by atoms with van der Waals surface area (Å²) >= 11 is 3.41. The fourth-order valence-electron chi connectivity index (χ4n) is 2.23. The summed E-state index contributed by atoms with van der Waals surface area (Å²) in [6.07, 6.45) is 1.11. The second kappa shape index (κ2) is 8.16. The lowest BCUT2D eigenvalue weighted by atomic mass is 9.99. The normalized spacial score (nSPS) is 11.8. The average molecular weight is 376 g/mol. The molecule has 0 radical (unpaired) electrons. The molecule has 23 heavy (non-hydrogen) atoms. The molecule has 0 bridgehead atoms. The number of amides is 1. The standard InChI is InChI=1S/C19H22BrNO2/c1-4-13(2)15-5-8-17(9-6-15)23-12-19(22)21-18-10-7-16(20)11-14(18)3/h5-11,13H,4,12H2,1-3H3,(H,21,22). The maximum Gasteiger partial charge on any atom is 0.262 e. The Morgan fingerprint density at radius 3 is 2.52 bits per heavy atom. The third-order valence-electron chi connectivity index (χ3n) is 3.89. The fraction of sp³-hybridized carbons (Fsp3) is 0.316. The minimum Gasteiger partial charge on any atom is -0.484 e. The molecule has 0 saturated heterocycles. The Kier molecular flexibility index (Phi) is 6.22. The van der Waals surface area contributed by atoms with Crippen molar-refractivity contribution in [1.29, 1.82) is 0 Å². The van der Waals surface area contributed by atoms with Crippen LogP contribution in [-0.2, 0) is 4.79 Å². The smallest absolute Gasteiger partial charge is 0.262 e. The van der Waals surface area contributed by atoms with Crippen LogP contribution in [0.5, 0.6) is 5.75 Å². The summed E-state index contributed by atoms with van der Waals surface area (Å²) in [5.74, 6) is 1.08. The summed E-state index contributed by atoms with van der Waals surface area (Å²) in [5.41, 5.74) is 3.09. The van der Waals surface area contributed by atoms with Crippen LogP contribution in [0, 0.1) is 6.92 Å². The highest BCUT2D eigenvalue weighted by Crippen LogP contribution is 2.22. The monoisotopic (exact) mass is 375 g/mol. The van der Waals surface area contributed by atoms with Gasteiger partial charge in [-0.1, -0.05) is 41.9 Å². The molecule has 0 aliphatic carbocycles. The molecule has 2 aromatic rings. The summed E-state index contributed by atoms with van der Waals surface area (Å²) < 4.78 is 6.54. The molecule has 2 rings (SSSR count). The Bertz CT molecular complexity index is 668. The van der Waals surface area contributed by atoms with Gasteiger partial charge in [0.1, 0.15) is 5.75 Å². The van der Waals surface area contributed by atoms with Crippen molar-refractivity contribution in [3.05, 3.63) is 58.1 Å². The molecule has 0 saturated carbocycles. The average Bonchev–Trinajstić information content (AvgIpc) is 2.55. The highest BCUT2D eigenvalue weighted by molar-refractivity contribution is 9.10. The molecule has 1 atom stereocenters. The van der Waals surface area contributed by atoms with Gasteiger partial charge in [0.2, 0.25) is 0 Å². The number of ether oxygens (including phenoxy) is 1. The quantitative estimate of drug-likeness (QED) is 0.744. The van der Waals surface area contributed by atoms with Gasteiger partial charge in [0.15, 0.2) is 6.61 Å². The summed E-state index contributed by atoms with van der Waals surface area (Å²) in [7, 11) is 0. The van der Waals surface area contributed by atoms with Gasteiger partial charge in [0.05, 0.1) is 0 Å². The third-order valence-corrected chi connectivity index (χ3v) is 4.39. The number of carbonyl (C=O) groups excluding carboxylic acids is 1. The minimum absolute atomic E-state index is 0.00180. The Balaban J connectivity index is 1.89. The van der Waals surface area contributed by atoms with Crippen molar-refractivity contribution in [3.8, 4) is 5.75 Å². The predicted octanol–water partition coefficient (Wildman–Crippen LogP) is 5.29. The van der Waals surface area contributed by atoms with E-state index in [-0.39, 0.29) is 12.5 Å². The lowest BCUT2D eigenvalue weighted by Gasteiger charge is -2.12. The van der Waals surface area contributed by atoms with E-state index < -0.39 is 0 Å². The van der Waals surface area contributed by atoms with E-state index in [0.717, 1.165) is 22.1 Å². The van der Waals surface area contributed by atoms with Gasteiger partial charge in [-0.05, 0) is 60.7 Å². The second-order valence-electron chi connectivity index (χ2n) is 5.67. The fourth-order valence-corrected chi connectivity index (χ4v) is 2.71. The number of nitrogens with one attached hydrogen (secondary N) is 1. The molecule has 1 amide bonds. The molecule has 122 valence electrons. The van der Waals surface area contributed by atoms with E-state index in [1.807, 2.05) is 37.3 Å². The summed E-state index contributed by atoms with van der Waals surface area (Å²) in [5, 5.41) is 2.86. The molecule has 0 fully saturated rings.